The first-order valence-electron chi connectivity index (χ1n) is 8.29. The maximum atomic E-state index is 12.3. The molecule has 2 unspecified atom stereocenters. The largest absolute Gasteiger partial charge is 0.465 e. The van der Waals surface area contributed by atoms with E-state index in [-0.39, 0.29) is 24.4 Å². The molecule has 0 aromatic heterocycles. The van der Waals surface area contributed by atoms with Crippen LogP contribution in [0.1, 0.15) is 27.2 Å². The van der Waals surface area contributed by atoms with Crippen molar-refractivity contribution in [2.24, 2.45) is 11.8 Å². The summed E-state index contributed by atoms with van der Waals surface area (Å²) in [7, 11) is 1.57. The molecule has 2 aliphatic heterocycles. The van der Waals surface area contributed by atoms with Gasteiger partial charge in [0.1, 0.15) is 18.1 Å². The highest BCUT2D eigenvalue weighted by Crippen LogP contribution is 2.43. The van der Waals surface area contributed by atoms with Crippen LogP contribution in [0.2, 0.25) is 0 Å². The van der Waals surface area contributed by atoms with Crippen molar-refractivity contribution in [2.75, 3.05) is 13.7 Å². The molecule has 0 aromatic carbocycles. The maximum absolute atomic E-state index is 12.3. The molecule has 6 atom stereocenters. The number of rotatable bonds is 4. The zero-order valence-corrected chi connectivity index (χ0v) is 14.4. The second kappa shape index (κ2) is 6.55. The third kappa shape index (κ3) is 3.01. The molecule has 24 heavy (non-hydrogen) atoms. The number of carbonyl (C=O) groups is 2. The van der Waals surface area contributed by atoms with E-state index in [4.69, 9.17) is 23.7 Å². The van der Waals surface area contributed by atoms with Crippen molar-refractivity contribution in [3.05, 3.63) is 12.2 Å². The Morgan fingerprint density at radius 2 is 2.08 bits per heavy atom. The quantitative estimate of drug-likeness (QED) is 0.562. The molecular formula is C17H24O7. The summed E-state index contributed by atoms with van der Waals surface area (Å²) >= 11 is 0. The molecule has 0 spiro atoms. The van der Waals surface area contributed by atoms with Crippen LogP contribution in [0, 0.1) is 11.8 Å². The van der Waals surface area contributed by atoms with E-state index in [1.807, 2.05) is 13.8 Å². The van der Waals surface area contributed by atoms with Crippen LogP contribution in [0.25, 0.3) is 0 Å². The maximum Gasteiger partial charge on any atom is 0.317 e. The van der Waals surface area contributed by atoms with Crippen LogP contribution in [0.4, 0.5) is 0 Å². The lowest BCUT2D eigenvalue weighted by molar-refractivity contribution is -0.225. The summed E-state index contributed by atoms with van der Waals surface area (Å²) in [6.45, 7) is 5.56. The lowest BCUT2D eigenvalue weighted by Gasteiger charge is -2.34. The highest BCUT2D eigenvalue weighted by molar-refractivity contribution is 6.06. The molecule has 0 bridgehead atoms. The van der Waals surface area contributed by atoms with Gasteiger partial charge in [0.05, 0.1) is 12.7 Å². The lowest BCUT2D eigenvalue weighted by Crippen LogP contribution is -2.46. The predicted molar refractivity (Wildman–Crippen MR) is 81.9 cm³/mol. The third-order valence-electron chi connectivity index (χ3n) is 4.69. The fourth-order valence-electron chi connectivity index (χ4n) is 3.76. The van der Waals surface area contributed by atoms with E-state index in [0.29, 0.717) is 6.42 Å². The standard InChI is InChI=1S/C17H24O7/c1-5-21-15(19)11-9(7-6-8-10(11)18)12-13(20-4)14-16(22-12)24-17(2,3)23-14/h6,8-9,11-14,16H,5,7H2,1-4H3/t9-,11+,12-,13?,14?,16-/m1/s1. The van der Waals surface area contributed by atoms with Gasteiger partial charge in [-0.1, -0.05) is 6.08 Å². The summed E-state index contributed by atoms with van der Waals surface area (Å²) in [4.78, 5) is 24.6. The van der Waals surface area contributed by atoms with Gasteiger partial charge in [-0.3, -0.25) is 9.59 Å². The molecule has 0 radical (unpaired) electrons. The van der Waals surface area contributed by atoms with Gasteiger partial charge in [0, 0.05) is 13.0 Å². The van der Waals surface area contributed by atoms with Gasteiger partial charge in [-0.2, -0.15) is 0 Å². The number of carbonyl (C=O) groups excluding carboxylic acids is 2. The summed E-state index contributed by atoms with van der Waals surface area (Å²) in [5.74, 6) is -2.78. The van der Waals surface area contributed by atoms with E-state index in [0.717, 1.165) is 0 Å². The molecule has 0 amide bonds. The Hall–Kier alpha value is -1.28. The highest BCUT2D eigenvalue weighted by atomic mass is 16.8. The lowest BCUT2D eigenvalue weighted by atomic mass is 9.77. The first kappa shape index (κ1) is 17.5. The van der Waals surface area contributed by atoms with Crippen molar-refractivity contribution in [1.82, 2.24) is 0 Å². The number of esters is 1. The molecule has 1 aliphatic carbocycles. The molecule has 3 rings (SSSR count). The number of fused-ring (bicyclic) bond motifs is 1. The fourth-order valence-corrected chi connectivity index (χ4v) is 3.76. The van der Waals surface area contributed by atoms with Crippen molar-refractivity contribution < 1.29 is 33.3 Å². The Morgan fingerprint density at radius 1 is 1.33 bits per heavy atom. The molecular weight excluding hydrogens is 316 g/mol. The van der Waals surface area contributed by atoms with Crippen molar-refractivity contribution in [3.8, 4) is 0 Å². The minimum Gasteiger partial charge on any atom is -0.465 e. The van der Waals surface area contributed by atoms with Gasteiger partial charge in [0.2, 0.25) is 0 Å². The van der Waals surface area contributed by atoms with Crippen molar-refractivity contribution in [2.45, 2.75) is 57.6 Å². The van der Waals surface area contributed by atoms with Crippen LogP contribution in [-0.4, -0.2) is 55.9 Å². The van der Waals surface area contributed by atoms with Gasteiger partial charge in [-0.05, 0) is 33.3 Å². The van der Waals surface area contributed by atoms with Crippen LogP contribution in [-0.2, 0) is 33.3 Å². The van der Waals surface area contributed by atoms with Crippen LogP contribution in [0.5, 0.6) is 0 Å². The van der Waals surface area contributed by atoms with Crippen molar-refractivity contribution in [3.63, 3.8) is 0 Å². The molecule has 2 heterocycles. The molecule has 0 N–H and O–H groups in total. The van der Waals surface area contributed by atoms with Crippen LogP contribution in [0.15, 0.2) is 12.2 Å². The second-order valence-corrected chi connectivity index (χ2v) is 6.70. The highest BCUT2D eigenvalue weighted by Gasteiger charge is 2.58. The zero-order valence-electron chi connectivity index (χ0n) is 14.4. The van der Waals surface area contributed by atoms with Gasteiger partial charge >= 0.3 is 5.97 Å². The molecule has 2 fully saturated rings. The first-order valence-corrected chi connectivity index (χ1v) is 8.29. The molecule has 3 aliphatic rings. The zero-order chi connectivity index (χ0) is 17.5. The smallest absolute Gasteiger partial charge is 0.317 e. The Bertz CT molecular complexity index is 541. The van der Waals surface area contributed by atoms with Gasteiger partial charge in [0.25, 0.3) is 0 Å². The van der Waals surface area contributed by atoms with Crippen molar-refractivity contribution in [1.29, 1.82) is 0 Å². The van der Waals surface area contributed by atoms with E-state index in [1.165, 1.54) is 6.08 Å². The number of ether oxygens (including phenoxy) is 5. The van der Waals surface area contributed by atoms with Gasteiger partial charge in [-0.25, -0.2) is 0 Å². The van der Waals surface area contributed by atoms with Crippen LogP contribution in [0.3, 0.4) is 0 Å². The second-order valence-electron chi connectivity index (χ2n) is 6.70. The van der Waals surface area contributed by atoms with E-state index < -0.39 is 36.2 Å². The summed E-state index contributed by atoms with van der Waals surface area (Å²) in [5, 5.41) is 0. The number of hydrogen-bond donors (Lipinski definition) is 0. The van der Waals surface area contributed by atoms with E-state index in [2.05, 4.69) is 0 Å². The van der Waals surface area contributed by atoms with Gasteiger partial charge in [0.15, 0.2) is 17.9 Å². The fraction of sp³-hybridized carbons (Fsp3) is 0.765. The monoisotopic (exact) mass is 340 g/mol. The Labute approximate surface area is 141 Å². The SMILES string of the molecule is CCOC(=O)[C@@H]1C(=O)C=CC[C@H]1[C@H]1O[C@@H]2OC(C)(C)OC2C1OC. The average molecular weight is 340 g/mol. The van der Waals surface area contributed by atoms with Crippen molar-refractivity contribution >= 4 is 11.8 Å². The predicted octanol–water partition coefficient (Wildman–Crippen LogP) is 1.20. The van der Waals surface area contributed by atoms with E-state index in [1.54, 1.807) is 20.1 Å². The molecule has 134 valence electrons. The van der Waals surface area contributed by atoms with Crippen LogP contribution < -0.4 is 0 Å². The molecule has 7 nitrogen and oxygen atoms in total. The minimum absolute atomic E-state index is 0.226. The van der Waals surface area contributed by atoms with Gasteiger partial charge < -0.3 is 23.7 Å². The van der Waals surface area contributed by atoms with E-state index >= 15 is 0 Å². The topological polar surface area (TPSA) is 80.3 Å². The summed E-state index contributed by atoms with van der Waals surface area (Å²) < 4.78 is 28.3. The molecule has 0 aromatic rings. The third-order valence-corrected chi connectivity index (χ3v) is 4.69. The van der Waals surface area contributed by atoms with Gasteiger partial charge in [-0.15, -0.1) is 0 Å². The molecule has 2 saturated heterocycles. The number of hydrogen-bond acceptors (Lipinski definition) is 7. The average Bonchev–Trinajstić information content (AvgIpc) is 2.98. The molecule has 0 saturated carbocycles. The first-order chi connectivity index (χ1) is 11.4. The Balaban J connectivity index is 1.83. The van der Waals surface area contributed by atoms with Crippen LogP contribution >= 0.6 is 0 Å². The summed E-state index contributed by atoms with van der Waals surface area (Å²) in [6.07, 6.45) is 1.87. The Morgan fingerprint density at radius 3 is 2.75 bits per heavy atom. The number of methoxy groups -OCH3 is 1. The normalized spacial score (nSPS) is 40.6. The molecule has 7 heteroatoms. The number of ketones is 1. The summed E-state index contributed by atoms with van der Waals surface area (Å²) in [5.41, 5.74) is 0. The minimum atomic E-state index is -0.885. The summed E-state index contributed by atoms with van der Waals surface area (Å²) in [6, 6.07) is 0. The van der Waals surface area contributed by atoms with E-state index in [9.17, 15) is 9.59 Å². The number of allylic oxidation sites excluding steroid dienone is 2. The Kier molecular flexibility index (Phi) is 4.79.